The van der Waals surface area contributed by atoms with E-state index in [0.717, 1.165) is 31.7 Å². The fraction of sp³-hybridized carbons (Fsp3) is 1.00. The van der Waals surface area contributed by atoms with Crippen LogP contribution < -0.4 is 5.32 Å². The monoisotopic (exact) mass is 227 g/mol. The normalized spacial score (nSPS) is 26.6. The third kappa shape index (κ3) is 5.86. The van der Waals surface area contributed by atoms with Gasteiger partial charge in [-0.3, -0.25) is 0 Å². The third-order valence-corrected chi connectivity index (χ3v) is 3.63. The van der Waals surface area contributed by atoms with Crippen LogP contribution in [-0.2, 0) is 4.74 Å². The first-order chi connectivity index (χ1) is 7.86. The summed E-state index contributed by atoms with van der Waals surface area (Å²) in [4.78, 5) is 0. The van der Waals surface area contributed by atoms with Gasteiger partial charge in [0.1, 0.15) is 0 Å². The Morgan fingerprint density at radius 2 is 2.00 bits per heavy atom. The Kier molecular flexibility index (Phi) is 7.87. The van der Waals surface area contributed by atoms with Crippen LogP contribution in [0.2, 0.25) is 0 Å². The fourth-order valence-electron chi connectivity index (χ4n) is 2.82. The first-order valence-corrected chi connectivity index (χ1v) is 7.18. The van der Waals surface area contributed by atoms with E-state index in [1.54, 1.807) is 0 Å². The topological polar surface area (TPSA) is 21.3 Å². The van der Waals surface area contributed by atoms with Gasteiger partial charge in [0.15, 0.2) is 0 Å². The van der Waals surface area contributed by atoms with Crippen molar-refractivity contribution in [2.75, 3.05) is 19.8 Å². The molecule has 0 spiro atoms. The smallest absolute Gasteiger partial charge is 0.0465 e. The number of nitrogens with one attached hydrogen (secondary N) is 1. The maximum absolute atomic E-state index is 5.41. The zero-order valence-corrected chi connectivity index (χ0v) is 11.1. The van der Waals surface area contributed by atoms with Crippen molar-refractivity contribution < 1.29 is 4.74 Å². The maximum Gasteiger partial charge on any atom is 0.0465 e. The molecule has 1 N–H and O–H groups in total. The van der Waals surface area contributed by atoms with Gasteiger partial charge in [-0.2, -0.15) is 0 Å². The molecule has 1 rings (SSSR count). The van der Waals surface area contributed by atoms with Crippen LogP contribution >= 0.6 is 0 Å². The summed E-state index contributed by atoms with van der Waals surface area (Å²) in [5, 5.41) is 3.62. The molecular formula is C14H29NO. The lowest BCUT2D eigenvalue weighted by Crippen LogP contribution is -2.29. The molecule has 1 aliphatic carbocycles. The highest BCUT2D eigenvalue weighted by atomic mass is 16.5. The summed E-state index contributed by atoms with van der Waals surface area (Å²) in [6.45, 7) is 7.24. The molecule has 96 valence electrons. The van der Waals surface area contributed by atoms with Crippen LogP contribution in [0.15, 0.2) is 0 Å². The average molecular weight is 227 g/mol. The van der Waals surface area contributed by atoms with Gasteiger partial charge in [0.05, 0.1) is 0 Å². The lowest BCUT2D eigenvalue weighted by Gasteiger charge is -2.20. The van der Waals surface area contributed by atoms with E-state index in [-0.39, 0.29) is 0 Å². The second-order valence-electron chi connectivity index (χ2n) is 4.98. The van der Waals surface area contributed by atoms with Gasteiger partial charge in [-0.25, -0.2) is 0 Å². The first-order valence-electron chi connectivity index (χ1n) is 7.18. The average Bonchev–Trinajstić information content (AvgIpc) is 2.51. The molecule has 0 aliphatic heterocycles. The highest BCUT2D eigenvalue weighted by molar-refractivity contribution is 4.75. The van der Waals surface area contributed by atoms with E-state index in [1.807, 2.05) is 0 Å². The van der Waals surface area contributed by atoms with Crippen LogP contribution in [0.1, 0.15) is 58.8 Å². The lowest BCUT2D eigenvalue weighted by molar-refractivity contribution is 0.138. The van der Waals surface area contributed by atoms with Crippen LogP contribution in [0.3, 0.4) is 0 Å². The first kappa shape index (κ1) is 14.0. The van der Waals surface area contributed by atoms with Gasteiger partial charge in [0.2, 0.25) is 0 Å². The second kappa shape index (κ2) is 9.00. The van der Waals surface area contributed by atoms with Crippen molar-refractivity contribution in [2.24, 2.45) is 5.92 Å². The van der Waals surface area contributed by atoms with Gasteiger partial charge in [-0.15, -0.1) is 0 Å². The summed E-state index contributed by atoms with van der Waals surface area (Å²) in [5.74, 6) is 0.937. The van der Waals surface area contributed by atoms with E-state index >= 15 is 0 Å². The molecule has 0 heterocycles. The molecule has 0 radical (unpaired) electrons. The molecule has 2 nitrogen and oxygen atoms in total. The Morgan fingerprint density at radius 3 is 2.75 bits per heavy atom. The molecular weight excluding hydrogens is 198 g/mol. The van der Waals surface area contributed by atoms with E-state index in [1.165, 1.54) is 44.9 Å². The summed E-state index contributed by atoms with van der Waals surface area (Å²) >= 11 is 0. The Bertz CT molecular complexity index is 161. The Balaban J connectivity index is 2.17. The van der Waals surface area contributed by atoms with Gasteiger partial charge >= 0.3 is 0 Å². The van der Waals surface area contributed by atoms with Gasteiger partial charge in [0.25, 0.3) is 0 Å². The molecule has 1 saturated carbocycles. The van der Waals surface area contributed by atoms with Gasteiger partial charge < -0.3 is 10.1 Å². The van der Waals surface area contributed by atoms with Crippen LogP contribution in [-0.4, -0.2) is 25.8 Å². The van der Waals surface area contributed by atoms with Crippen LogP contribution in [0.25, 0.3) is 0 Å². The van der Waals surface area contributed by atoms with Crippen molar-refractivity contribution in [3.63, 3.8) is 0 Å². The molecule has 0 aromatic rings. The quantitative estimate of drug-likeness (QED) is 0.532. The van der Waals surface area contributed by atoms with Crippen LogP contribution in [0.4, 0.5) is 0 Å². The van der Waals surface area contributed by atoms with Crippen molar-refractivity contribution in [2.45, 2.75) is 64.8 Å². The zero-order chi connectivity index (χ0) is 11.6. The molecule has 2 atom stereocenters. The van der Waals surface area contributed by atoms with Crippen molar-refractivity contribution in [3.05, 3.63) is 0 Å². The number of hydrogen-bond acceptors (Lipinski definition) is 2. The van der Waals surface area contributed by atoms with E-state index in [2.05, 4.69) is 19.2 Å². The Hall–Kier alpha value is -0.0800. The van der Waals surface area contributed by atoms with Gasteiger partial charge in [0, 0.05) is 19.3 Å². The predicted octanol–water partition coefficient (Wildman–Crippen LogP) is 3.36. The fourth-order valence-corrected chi connectivity index (χ4v) is 2.82. The van der Waals surface area contributed by atoms with Crippen LogP contribution in [0, 0.1) is 5.92 Å². The van der Waals surface area contributed by atoms with E-state index in [4.69, 9.17) is 4.74 Å². The van der Waals surface area contributed by atoms with Gasteiger partial charge in [-0.1, -0.05) is 26.2 Å². The third-order valence-electron chi connectivity index (χ3n) is 3.63. The molecule has 0 saturated heterocycles. The van der Waals surface area contributed by atoms with E-state index in [0.29, 0.717) is 0 Å². The SMILES string of the molecule is CCNC1CCCCC(CCCOCC)C1. The van der Waals surface area contributed by atoms with Crippen molar-refractivity contribution in [1.82, 2.24) is 5.32 Å². The highest BCUT2D eigenvalue weighted by Gasteiger charge is 2.18. The van der Waals surface area contributed by atoms with Crippen molar-refractivity contribution in [1.29, 1.82) is 0 Å². The molecule has 0 aromatic heterocycles. The summed E-state index contributed by atoms with van der Waals surface area (Å²) < 4.78 is 5.41. The zero-order valence-electron chi connectivity index (χ0n) is 11.1. The minimum Gasteiger partial charge on any atom is -0.382 e. The van der Waals surface area contributed by atoms with Crippen molar-refractivity contribution >= 4 is 0 Å². The summed E-state index contributed by atoms with van der Waals surface area (Å²) in [6, 6.07) is 0.782. The Morgan fingerprint density at radius 1 is 1.19 bits per heavy atom. The molecule has 2 heteroatoms. The summed E-state index contributed by atoms with van der Waals surface area (Å²) in [6.07, 6.45) is 9.67. The molecule has 0 bridgehead atoms. The molecule has 16 heavy (non-hydrogen) atoms. The maximum atomic E-state index is 5.41. The number of rotatable bonds is 7. The highest BCUT2D eigenvalue weighted by Crippen LogP contribution is 2.26. The second-order valence-corrected chi connectivity index (χ2v) is 4.98. The summed E-state index contributed by atoms with van der Waals surface area (Å²) in [7, 11) is 0. The molecule has 1 aliphatic rings. The van der Waals surface area contributed by atoms with E-state index in [9.17, 15) is 0 Å². The summed E-state index contributed by atoms with van der Waals surface area (Å²) in [5.41, 5.74) is 0. The molecule has 0 aromatic carbocycles. The number of hydrogen-bond donors (Lipinski definition) is 1. The lowest BCUT2D eigenvalue weighted by atomic mass is 9.93. The number of ether oxygens (including phenoxy) is 1. The van der Waals surface area contributed by atoms with E-state index < -0.39 is 0 Å². The largest absolute Gasteiger partial charge is 0.382 e. The minimum atomic E-state index is 0.782. The van der Waals surface area contributed by atoms with Gasteiger partial charge in [-0.05, 0) is 45.1 Å². The predicted molar refractivity (Wildman–Crippen MR) is 69.8 cm³/mol. The molecule has 0 amide bonds. The standard InChI is InChI=1S/C14H29NO/c1-3-15-14-10-6-5-8-13(12-14)9-7-11-16-4-2/h13-15H,3-12H2,1-2H3. The molecule has 1 fully saturated rings. The molecule has 2 unspecified atom stereocenters. The van der Waals surface area contributed by atoms with Crippen molar-refractivity contribution in [3.8, 4) is 0 Å². The minimum absolute atomic E-state index is 0.782. The Labute approximate surface area is 101 Å². The van der Waals surface area contributed by atoms with Crippen LogP contribution in [0.5, 0.6) is 0 Å².